The first-order valence-corrected chi connectivity index (χ1v) is 4.97. The molecule has 2 fully saturated rings. The van der Waals surface area contributed by atoms with Gasteiger partial charge in [0.05, 0.1) is 0 Å². The van der Waals surface area contributed by atoms with Gasteiger partial charge in [-0.25, -0.2) is 4.79 Å². The van der Waals surface area contributed by atoms with Crippen LogP contribution in [-0.4, -0.2) is 30.6 Å². The summed E-state index contributed by atoms with van der Waals surface area (Å²) in [6, 6.07) is -0.365. The molecule has 0 aromatic carbocycles. The zero-order valence-electron chi connectivity index (χ0n) is 8.22. The van der Waals surface area contributed by atoms with E-state index in [1.54, 1.807) is 0 Å². The van der Waals surface area contributed by atoms with Crippen molar-refractivity contribution in [1.29, 1.82) is 0 Å². The molecule has 5 nitrogen and oxygen atoms in total. The highest BCUT2D eigenvalue weighted by Crippen LogP contribution is 2.28. The van der Waals surface area contributed by atoms with Crippen LogP contribution in [0.4, 0.5) is 4.79 Å². The van der Waals surface area contributed by atoms with Crippen LogP contribution in [0, 0.1) is 5.92 Å². The van der Waals surface area contributed by atoms with Crippen molar-refractivity contribution in [3.05, 3.63) is 0 Å². The lowest BCUT2D eigenvalue weighted by molar-refractivity contribution is -0.125. The van der Waals surface area contributed by atoms with Crippen LogP contribution >= 0.6 is 0 Å². The Kier molecular flexibility index (Phi) is 2.19. The van der Waals surface area contributed by atoms with E-state index in [1.807, 2.05) is 6.92 Å². The molecule has 0 aromatic heterocycles. The Bertz CT molecular complexity index is 273. The van der Waals surface area contributed by atoms with Gasteiger partial charge in [-0.15, -0.1) is 0 Å². The fourth-order valence-corrected chi connectivity index (χ4v) is 2.24. The summed E-state index contributed by atoms with van der Waals surface area (Å²) in [7, 11) is 0. The normalized spacial score (nSPS) is 34.1. The fraction of sp³-hybridized carbons (Fsp3) is 0.778. The zero-order valence-corrected chi connectivity index (χ0v) is 8.22. The first-order chi connectivity index (χ1) is 6.63. The highest BCUT2D eigenvalue weighted by molar-refractivity contribution is 6.06. The average Bonchev–Trinajstić information content (AvgIpc) is 2.43. The van der Waals surface area contributed by atoms with Gasteiger partial charge in [0, 0.05) is 0 Å². The van der Waals surface area contributed by atoms with E-state index < -0.39 is 5.54 Å². The van der Waals surface area contributed by atoms with Gasteiger partial charge in [-0.1, -0.05) is 0 Å². The van der Waals surface area contributed by atoms with Crippen LogP contribution in [0.1, 0.15) is 19.8 Å². The fourth-order valence-electron chi connectivity index (χ4n) is 2.24. The van der Waals surface area contributed by atoms with Crippen molar-refractivity contribution in [2.75, 3.05) is 13.1 Å². The van der Waals surface area contributed by atoms with E-state index >= 15 is 0 Å². The molecule has 5 heteroatoms. The van der Waals surface area contributed by atoms with E-state index in [0.717, 1.165) is 25.9 Å². The molecule has 2 aliphatic heterocycles. The Morgan fingerprint density at radius 1 is 1.29 bits per heavy atom. The van der Waals surface area contributed by atoms with Gasteiger partial charge in [0.1, 0.15) is 5.54 Å². The molecule has 2 heterocycles. The summed E-state index contributed by atoms with van der Waals surface area (Å²) in [5.41, 5.74) is -0.695. The van der Waals surface area contributed by atoms with Crippen molar-refractivity contribution in [2.45, 2.75) is 25.3 Å². The summed E-state index contributed by atoms with van der Waals surface area (Å²) in [6.45, 7) is 3.65. The van der Waals surface area contributed by atoms with E-state index in [9.17, 15) is 9.59 Å². The van der Waals surface area contributed by atoms with Crippen LogP contribution in [0.3, 0.4) is 0 Å². The summed E-state index contributed by atoms with van der Waals surface area (Å²) in [5, 5.41) is 8.25. The molecule has 0 saturated carbocycles. The Balaban J connectivity index is 2.14. The smallest absolute Gasteiger partial charge is 0.322 e. The maximum absolute atomic E-state index is 11.6. The van der Waals surface area contributed by atoms with E-state index in [-0.39, 0.29) is 17.9 Å². The maximum Gasteiger partial charge on any atom is 0.322 e. The van der Waals surface area contributed by atoms with Gasteiger partial charge < -0.3 is 10.6 Å². The number of piperidine rings is 1. The number of imide groups is 1. The van der Waals surface area contributed by atoms with Crippen molar-refractivity contribution in [2.24, 2.45) is 5.92 Å². The highest BCUT2D eigenvalue weighted by Gasteiger charge is 2.47. The minimum Gasteiger partial charge on any atom is -0.323 e. The number of nitrogens with one attached hydrogen (secondary N) is 3. The van der Waals surface area contributed by atoms with E-state index in [2.05, 4.69) is 16.0 Å². The minimum atomic E-state index is -0.695. The molecule has 2 saturated heterocycles. The van der Waals surface area contributed by atoms with E-state index in [1.165, 1.54) is 0 Å². The van der Waals surface area contributed by atoms with Gasteiger partial charge >= 0.3 is 6.03 Å². The molecule has 0 aromatic rings. The van der Waals surface area contributed by atoms with Gasteiger partial charge in [0.25, 0.3) is 5.91 Å². The standard InChI is InChI=1S/C9H15N3O2/c1-9(6-2-4-10-5-3-6)7(13)11-8(14)12-9/h6,10H,2-5H2,1H3,(H2,11,12,13,14)/t9-/m1/s1. The summed E-state index contributed by atoms with van der Waals surface area (Å²) in [4.78, 5) is 22.6. The lowest BCUT2D eigenvalue weighted by Crippen LogP contribution is -2.53. The number of hydrogen-bond acceptors (Lipinski definition) is 3. The number of carbonyl (C=O) groups excluding carboxylic acids is 2. The molecule has 14 heavy (non-hydrogen) atoms. The maximum atomic E-state index is 11.6. The lowest BCUT2D eigenvalue weighted by atomic mass is 9.79. The largest absolute Gasteiger partial charge is 0.323 e. The second kappa shape index (κ2) is 3.24. The Morgan fingerprint density at radius 2 is 1.93 bits per heavy atom. The van der Waals surface area contributed by atoms with Gasteiger partial charge in [0.15, 0.2) is 0 Å². The first kappa shape index (κ1) is 9.45. The van der Waals surface area contributed by atoms with Gasteiger partial charge in [0.2, 0.25) is 0 Å². The molecular weight excluding hydrogens is 182 g/mol. The van der Waals surface area contributed by atoms with Crippen LogP contribution in [0.5, 0.6) is 0 Å². The molecular formula is C9H15N3O2. The molecule has 0 bridgehead atoms. The van der Waals surface area contributed by atoms with Crippen molar-refractivity contribution >= 4 is 11.9 Å². The van der Waals surface area contributed by atoms with Crippen LogP contribution in [0.2, 0.25) is 0 Å². The van der Waals surface area contributed by atoms with E-state index in [4.69, 9.17) is 0 Å². The predicted molar refractivity (Wildman–Crippen MR) is 50.7 cm³/mol. The number of urea groups is 1. The van der Waals surface area contributed by atoms with Crippen molar-refractivity contribution < 1.29 is 9.59 Å². The average molecular weight is 197 g/mol. The van der Waals surface area contributed by atoms with Gasteiger partial charge in [-0.3, -0.25) is 10.1 Å². The van der Waals surface area contributed by atoms with E-state index in [0.29, 0.717) is 0 Å². The second-order valence-corrected chi connectivity index (χ2v) is 4.13. The molecule has 2 aliphatic rings. The number of hydrogen-bond donors (Lipinski definition) is 3. The highest BCUT2D eigenvalue weighted by atomic mass is 16.2. The SMILES string of the molecule is C[C@]1(C2CCNCC2)NC(=O)NC1=O. The van der Waals surface area contributed by atoms with Gasteiger partial charge in [-0.2, -0.15) is 0 Å². The van der Waals surface area contributed by atoms with Gasteiger partial charge in [-0.05, 0) is 38.8 Å². The lowest BCUT2D eigenvalue weighted by Gasteiger charge is -2.34. The third-order valence-electron chi connectivity index (χ3n) is 3.23. The minimum absolute atomic E-state index is 0.186. The zero-order chi connectivity index (χ0) is 10.2. The number of rotatable bonds is 1. The third kappa shape index (κ3) is 1.37. The molecule has 3 N–H and O–H groups in total. The second-order valence-electron chi connectivity index (χ2n) is 4.13. The van der Waals surface area contributed by atoms with Crippen molar-refractivity contribution in [1.82, 2.24) is 16.0 Å². The Labute approximate surface area is 82.6 Å². The molecule has 78 valence electrons. The Morgan fingerprint density at radius 3 is 2.43 bits per heavy atom. The molecule has 3 amide bonds. The first-order valence-electron chi connectivity index (χ1n) is 4.97. The van der Waals surface area contributed by atoms with Crippen LogP contribution in [0.15, 0.2) is 0 Å². The summed E-state index contributed by atoms with van der Waals surface area (Å²) in [6.07, 6.45) is 1.87. The van der Waals surface area contributed by atoms with Crippen molar-refractivity contribution in [3.8, 4) is 0 Å². The summed E-state index contributed by atoms with van der Waals surface area (Å²) < 4.78 is 0. The van der Waals surface area contributed by atoms with Crippen LogP contribution < -0.4 is 16.0 Å². The molecule has 1 atom stereocenters. The molecule has 0 radical (unpaired) electrons. The molecule has 0 unspecified atom stereocenters. The monoisotopic (exact) mass is 197 g/mol. The predicted octanol–water partition coefficient (Wildman–Crippen LogP) is -0.416. The van der Waals surface area contributed by atoms with Crippen molar-refractivity contribution in [3.63, 3.8) is 0 Å². The summed E-state index contributed by atoms with van der Waals surface area (Å²) in [5.74, 6) is 0.0598. The topological polar surface area (TPSA) is 70.2 Å². The third-order valence-corrected chi connectivity index (χ3v) is 3.23. The Hall–Kier alpha value is -1.10. The molecule has 2 rings (SSSR count). The quantitative estimate of drug-likeness (QED) is 0.500. The molecule has 0 spiro atoms. The molecule has 0 aliphatic carbocycles. The summed E-state index contributed by atoms with van der Waals surface area (Å²) >= 11 is 0. The number of carbonyl (C=O) groups is 2. The van der Waals surface area contributed by atoms with Crippen LogP contribution in [-0.2, 0) is 4.79 Å². The van der Waals surface area contributed by atoms with Crippen LogP contribution in [0.25, 0.3) is 0 Å². The number of amides is 3.